The van der Waals surface area contributed by atoms with Crippen LogP contribution in [0, 0.1) is 12.1 Å². The topological polar surface area (TPSA) is 54.4 Å². The number of benzene rings is 2. The van der Waals surface area contributed by atoms with Crippen LogP contribution in [-0.2, 0) is 10.1 Å². The molecule has 70 valence electrons. The fraction of sp³-hybridized carbons (Fsp3) is 0. The van der Waals surface area contributed by atoms with Crippen molar-refractivity contribution >= 4 is 20.9 Å². The van der Waals surface area contributed by atoms with Crippen molar-refractivity contribution in [3.63, 3.8) is 0 Å². The summed E-state index contributed by atoms with van der Waals surface area (Å²) < 4.78 is 30.4. The fourth-order valence-corrected chi connectivity index (χ4v) is 1.67. The maximum absolute atomic E-state index is 10.8. The van der Waals surface area contributed by atoms with E-state index in [0.29, 0.717) is 5.39 Å². The fourth-order valence-electron chi connectivity index (χ4n) is 1.19. The third kappa shape index (κ3) is 1.62. The predicted octanol–water partition coefficient (Wildman–Crippen LogP) is 1.69. The van der Waals surface area contributed by atoms with Crippen LogP contribution in [0.25, 0.3) is 10.8 Å². The molecule has 0 amide bonds. The van der Waals surface area contributed by atoms with Gasteiger partial charge in [0.05, 0.1) is 4.90 Å². The van der Waals surface area contributed by atoms with Gasteiger partial charge in [-0.25, -0.2) is 0 Å². The molecular weight excluding hydrogens is 200 g/mol. The highest BCUT2D eigenvalue weighted by molar-refractivity contribution is 7.85. The second kappa shape index (κ2) is 3.08. The lowest BCUT2D eigenvalue weighted by Crippen LogP contribution is -1.97. The number of hydrogen-bond donors (Lipinski definition) is 1. The Hall–Kier alpha value is -1.39. The van der Waals surface area contributed by atoms with E-state index in [9.17, 15) is 8.42 Å². The molecule has 3 nitrogen and oxygen atoms in total. The smallest absolute Gasteiger partial charge is 0.282 e. The van der Waals surface area contributed by atoms with E-state index < -0.39 is 10.1 Å². The molecule has 0 saturated heterocycles. The van der Waals surface area contributed by atoms with Crippen LogP contribution in [0.4, 0.5) is 0 Å². The van der Waals surface area contributed by atoms with Gasteiger partial charge in [0, 0.05) is 0 Å². The summed E-state index contributed by atoms with van der Waals surface area (Å²) in [6.07, 6.45) is 0. The average molecular weight is 206 g/mol. The molecule has 1 N–H and O–H groups in total. The first-order chi connectivity index (χ1) is 6.57. The zero-order chi connectivity index (χ0) is 10.2. The Bertz CT molecular complexity index is 573. The summed E-state index contributed by atoms with van der Waals surface area (Å²) in [6, 6.07) is 13.3. The highest BCUT2D eigenvalue weighted by Crippen LogP contribution is 2.17. The summed E-state index contributed by atoms with van der Waals surface area (Å²) in [5.74, 6) is 0. The van der Waals surface area contributed by atoms with Crippen molar-refractivity contribution in [3.05, 3.63) is 42.5 Å². The first-order valence-corrected chi connectivity index (χ1v) is 5.30. The third-order valence-electron chi connectivity index (χ3n) is 1.86. The Labute approximate surface area is 81.7 Å². The van der Waals surface area contributed by atoms with Gasteiger partial charge in [-0.05, 0) is 41.1 Å². The SMILES string of the molecule is O=S(=O)(O)c1c[c]c2c[c]ccc2c1. The summed E-state index contributed by atoms with van der Waals surface area (Å²) in [5, 5.41) is 1.47. The molecule has 2 radical (unpaired) electrons. The summed E-state index contributed by atoms with van der Waals surface area (Å²) in [6.45, 7) is 0. The first kappa shape index (κ1) is 9.18. The maximum atomic E-state index is 10.8. The first-order valence-electron chi connectivity index (χ1n) is 3.86. The molecule has 0 aliphatic carbocycles. The van der Waals surface area contributed by atoms with Crippen LogP contribution in [0.1, 0.15) is 0 Å². The van der Waals surface area contributed by atoms with Crippen LogP contribution in [0.15, 0.2) is 35.2 Å². The molecule has 0 saturated carbocycles. The second-order valence-electron chi connectivity index (χ2n) is 2.82. The molecule has 0 bridgehead atoms. The molecule has 0 fully saturated rings. The Kier molecular flexibility index (Phi) is 2.02. The van der Waals surface area contributed by atoms with Gasteiger partial charge in [0.1, 0.15) is 0 Å². The molecule has 0 aromatic heterocycles. The molecule has 0 aliphatic heterocycles. The van der Waals surface area contributed by atoms with Crippen LogP contribution >= 0.6 is 0 Å². The number of hydrogen-bond acceptors (Lipinski definition) is 2. The van der Waals surface area contributed by atoms with Gasteiger partial charge in [-0.1, -0.05) is 12.1 Å². The van der Waals surface area contributed by atoms with Crippen molar-refractivity contribution < 1.29 is 13.0 Å². The second-order valence-corrected chi connectivity index (χ2v) is 4.25. The minimum Gasteiger partial charge on any atom is -0.282 e. The van der Waals surface area contributed by atoms with Crippen LogP contribution in [0.5, 0.6) is 0 Å². The zero-order valence-electron chi connectivity index (χ0n) is 7.06. The van der Waals surface area contributed by atoms with Gasteiger partial charge in [0.25, 0.3) is 10.1 Å². The largest absolute Gasteiger partial charge is 0.294 e. The molecule has 14 heavy (non-hydrogen) atoms. The number of rotatable bonds is 1. The molecule has 0 spiro atoms. The standard InChI is InChI=1S/C10H6O3S/c11-14(12,13)10-6-5-8-3-1-2-4-9(8)7-10/h2-4,6-7H,(H,11,12,13). The molecule has 2 rings (SSSR count). The Morgan fingerprint density at radius 1 is 1.29 bits per heavy atom. The van der Waals surface area contributed by atoms with E-state index in [2.05, 4.69) is 12.1 Å². The van der Waals surface area contributed by atoms with Crippen molar-refractivity contribution in [2.24, 2.45) is 0 Å². The molecule has 0 unspecified atom stereocenters. The van der Waals surface area contributed by atoms with Gasteiger partial charge in [-0.3, -0.25) is 4.55 Å². The van der Waals surface area contributed by atoms with Crippen molar-refractivity contribution in [2.45, 2.75) is 4.90 Å². The molecular formula is C10H6O3S. The van der Waals surface area contributed by atoms with E-state index >= 15 is 0 Å². The van der Waals surface area contributed by atoms with Crippen LogP contribution in [0.3, 0.4) is 0 Å². The van der Waals surface area contributed by atoms with Gasteiger partial charge in [0.2, 0.25) is 0 Å². The van der Waals surface area contributed by atoms with Crippen molar-refractivity contribution in [1.82, 2.24) is 0 Å². The Morgan fingerprint density at radius 2 is 2.07 bits per heavy atom. The van der Waals surface area contributed by atoms with Crippen molar-refractivity contribution in [1.29, 1.82) is 0 Å². The average Bonchev–Trinajstić information content (AvgIpc) is 2.16. The van der Waals surface area contributed by atoms with E-state index in [0.717, 1.165) is 5.39 Å². The van der Waals surface area contributed by atoms with E-state index in [4.69, 9.17) is 4.55 Å². The van der Waals surface area contributed by atoms with Crippen LogP contribution < -0.4 is 0 Å². The van der Waals surface area contributed by atoms with Gasteiger partial charge in [0.15, 0.2) is 0 Å². The minimum atomic E-state index is -4.14. The van der Waals surface area contributed by atoms with Gasteiger partial charge >= 0.3 is 0 Å². The highest BCUT2D eigenvalue weighted by Gasteiger charge is 2.09. The van der Waals surface area contributed by atoms with Gasteiger partial charge in [-0.15, -0.1) is 0 Å². The summed E-state index contributed by atoms with van der Waals surface area (Å²) in [4.78, 5) is -0.142. The Balaban J connectivity index is 2.75. The zero-order valence-corrected chi connectivity index (χ0v) is 7.88. The molecule has 0 atom stereocenters. The van der Waals surface area contributed by atoms with Crippen LogP contribution in [0.2, 0.25) is 0 Å². The summed E-state index contributed by atoms with van der Waals surface area (Å²) >= 11 is 0. The van der Waals surface area contributed by atoms with E-state index in [1.54, 1.807) is 18.2 Å². The lowest BCUT2D eigenvalue weighted by molar-refractivity contribution is 0.483. The third-order valence-corrected chi connectivity index (χ3v) is 2.69. The van der Waals surface area contributed by atoms with E-state index in [1.165, 1.54) is 12.1 Å². The quantitative estimate of drug-likeness (QED) is 0.722. The van der Waals surface area contributed by atoms with E-state index in [-0.39, 0.29) is 4.90 Å². The molecule has 2 aromatic rings. The summed E-state index contributed by atoms with van der Waals surface area (Å²) in [5.41, 5.74) is 0. The van der Waals surface area contributed by atoms with Gasteiger partial charge < -0.3 is 0 Å². The lowest BCUT2D eigenvalue weighted by atomic mass is 10.1. The number of fused-ring (bicyclic) bond motifs is 1. The molecule has 0 aliphatic rings. The molecule has 2 aromatic carbocycles. The monoisotopic (exact) mass is 206 g/mol. The highest BCUT2D eigenvalue weighted by atomic mass is 32.2. The lowest BCUT2D eigenvalue weighted by Gasteiger charge is -1.99. The van der Waals surface area contributed by atoms with Crippen LogP contribution in [-0.4, -0.2) is 13.0 Å². The summed E-state index contributed by atoms with van der Waals surface area (Å²) in [7, 11) is -4.14. The minimum absolute atomic E-state index is 0.142. The molecule has 0 heterocycles. The normalized spacial score (nSPS) is 11.8. The molecule has 4 heteroatoms. The Morgan fingerprint density at radius 3 is 2.79 bits per heavy atom. The van der Waals surface area contributed by atoms with Gasteiger partial charge in [-0.2, -0.15) is 8.42 Å². The maximum Gasteiger partial charge on any atom is 0.294 e. The van der Waals surface area contributed by atoms with Crippen molar-refractivity contribution in [3.8, 4) is 0 Å². The predicted molar refractivity (Wildman–Crippen MR) is 51.4 cm³/mol. The van der Waals surface area contributed by atoms with E-state index in [1.807, 2.05) is 0 Å². The van der Waals surface area contributed by atoms with Crippen molar-refractivity contribution in [2.75, 3.05) is 0 Å².